The summed E-state index contributed by atoms with van der Waals surface area (Å²) in [5.41, 5.74) is 3.88. The van der Waals surface area contributed by atoms with Crippen molar-refractivity contribution in [3.63, 3.8) is 0 Å². The second kappa shape index (κ2) is 19.0. The first kappa shape index (κ1) is 38.9. The van der Waals surface area contributed by atoms with Crippen LogP contribution in [0.5, 0.6) is 0 Å². The van der Waals surface area contributed by atoms with Crippen molar-refractivity contribution in [1.29, 1.82) is 0 Å². The van der Waals surface area contributed by atoms with Crippen molar-refractivity contribution in [2.45, 2.75) is 103 Å². The van der Waals surface area contributed by atoms with Crippen LogP contribution >= 0.6 is 0 Å². The Morgan fingerprint density at radius 1 is 1.02 bits per heavy atom. The average molecular weight is 712 g/mol. The molecule has 0 aromatic carbocycles. The molecular weight excluding hydrogens is 654 g/mol. The number of fused-ring (bicyclic) bond motifs is 1. The minimum absolute atomic E-state index is 0.0145. The lowest BCUT2D eigenvalue weighted by Crippen LogP contribution is -2.49. The number of nitrogens with zero attached hydrogens (tertiary/aromatic N) is 7. The highest BCUT2D eigenvalue weighted by atomic mass is 16.3. The molecule has 4 atom stereocenters. The van der Waals surface area contributed by atoms with Crippen LogP contribution in [-0.4, -0.2) is 90.7 Å². The fraction of sp³-hybridized carbons (Fsp3) is 0.575. The summed E-state index contributed by atoms with van der Waals surface area (Å²) in [7, 11) is 3.94. The van der Waals surface area contributed by atoms with Gasteiger partial charge in [0.1, 0.15) is 11.7 Å². The van der Waals surface area contributed by atoms with Gasteiger partial charge in [-0.1, -0.05) is 65.4 Å². The summed E-state index contributed by atoms with van der Waals surface area (Å²) in [6.45, 7) is 7.39. The van der Waals surface area contributed by atoms with E-state index in [4.69, 9.17) is 4.98 Å². The molecule has 0 radical (unpaired) electrons. The van der Waals surface area contributed by atoms with Crippen LogP contribution in [-0.2, 0) is 22.4 Å². The van der Waals surface area contributed by atoms with E-state index in [-0.39, 0.29) is 24.2 Å². The molecule has 12 heteroatoms. The van der Waals surface area contributed by atoms with E-state index < -0.39 is 24.0 Å². The van der Waals surface area contributed by atoms with Crippen molar-refractivity contribution in [1.82, 2.24) is 45.1 Å². The van der Waals surface area contributed by atoms with Crippen LogP contribution in [0, 0.1) is 17.8 Å². The summed E-state index contributed by atoms with van der Waals surface area (Å²) in [4.78, 5) is 43.7. The molecule has 1 aliphatic carbocycles. The molecule has 5 rings (SSSR count). The maximum atomic E-state index is 14.7. The van der Waals surface area contributed by atoms with Gasteiger partial charge in [0.25, 0.3) is 0 Å². The zero-order valence-corrected chi connectivity index (χ0v) is 31.5. The average Bonchev–Trinajstić information content (AvgIpc) is 3.57. The Labute approximate surface area is 308 Å². The fourth-order valence-corrected chi connectivity index (χ4v) is 7.34. The van der Waals surface area contributed by atoms with E-state index in [0.29, 0.717) is 43.2 Å². The van der Waals surface area contributed by atoms with E-state index in [1.54, 1.807) is 24.8 Å². The number of aryl methyl sites for hydroxylation is 1. The first-order valence-corrected chi connectivity index (χ1v) is 19.1. The van der Waals surface area contributed by atoms with Crippen LogP contribution in [0.1, 0.15) is 95.1 Å². The number of likely N-dealkylation sites (N-methyl/N-ethyl adjacent to an activating group) is 1. The molecule has 0 bridgehead atoms. The molecule has 1 fully saturated rings. The number of amides is 2. The molecule has 1 saturated carbocycles. The van der Waals surface area contributed by atoms with Gasteiger partial charge in [-0.2, -0.15) is 0 Å². The van der Waals surface area contributed by atoms with Gasteiger partial charge in [0.05, 0.1) is 23.5 Å². The number of hydrogen-bond donors (Lipinski definition) is 3. The van der Waals surface area contributed by atoms with Gasteiger partial charge in [-0.15, -0.1) is 10.2 Å². The number of aliphatic hydroxyl groups excluding tert-OH is 1. The minimum Gasteiger partial charge on any atom is -0.391 e. The van der Waals surface area contributed by atoms with Gasteiger partial charge in [0.2, 0.25) is 11.8 Å². The van der Waals surface area contributed by atoms with Crippen LogP contribution in [0.3, 0.4) is 0 Å². The van der Waals surface area contributed by atoms with Crippen molar-refractivity contribution in [3.8, 4) is 11.3 Å². The predicted octanol–water partition coefficient (Wildman–Crippen LogP) is 5.02. The van der Waals surface area contributed by atoms with Gasteiger partial charge < -0.3 is 20.6 Å². The highest BCUT2D eigenvalue weighted by Crippen LogP contribution is 2.31. The molecule has 0 saturated heterocycles. The number of aromatic nitrogens is 6. The zero-order valence-electron chi connectivity index (χ0n) is 31.5. The molecule has 4 heterocycles. The standard InChI is InChI=1S/C40H57N9O3/c1-6-12-33-38-47-46-37(49(38)26-35(44-33)30-16-11-18-42-25-30)32(21-29-15-10-17-41-24-29)40(52)45-34(22-28-13-8-7-9-14-28)36(50)23-31(27(2)3)39(51)43-19-20-48(4)5/h10-11,15-18,24-28,31-32,34,36,50H,6-9,12-14,19-23H2,1-5H3,(H,43,51)(H,45,52)/t31-,32-,34-,36-/m0/s1. The third-order valence-electron chi connectivity index (χ3n) is 10.3. The molecule has 0 spiro atoms. The van der Waals surface area contributed by atoms with Crippen LogP contribution in [0.25, 0.3) is 16.9 Å². The van der Waals surface area contributed by atoms with Crippen molar-refractivity contribution in [2.24, 2.45) is 17.8 Å². The molecule has 4 aromatic rings. The second-order valence-electron chi connectivity index (χ2n) is 15.0. The van der Waals surface area contributed by atoms with Crippen LogP contribution in [0.2, 0.25) is 0 Å². The maximum Gasteiger partial charge on any atom is 0.231 e. The monoisotopic (exact) mass is 711 g/mol. The summed E-state index contributed by atoms with van der Waals surface area (Å²) in [5, 5.41) is 27.5. The van der Waals surface area contributed by atoms with E-state index in [0.717, 1.165) is 61.2 Å². The van der Waals surface area contributed by atoms with E-state index in [1.165, 1.54) is 6.42 Å². The molecule has 2 amide bonds. The van der Waals surface area contributed by atoms with Gasteiger partial charge in [-0.05, 0) is 75.4 Å². The number of aliphatic hydroxyl groups is 1. The molecule has 280 valence electrons. The highest BCUT2D eigenvalue weighted by Gasteiger charge is 2.35. The smallest absolute Gasteiger partial charge is 0.231 e. The summed E-state index contributed by atoms with van der Waals surface area (Å²) in [5.74, 6) is -0.557. The van der Waals surface area contributed by atoms with Crippen molar-refractivity contribution in [2.75, 3.05) is 27.2 Å². The van der Waals surface area contributed by atoms with Gasteiger partial charge >= 0.3 is 0 Å². The number of hydrogen-bond acceptors (Lipinski definition) is 9. The second-order valence-corrected chi connectivity index (χ2v) is 15.0. The van der Waals surface area contributed by atoms with Crippen molar-refractivity contribution < 1.29 is 14.7 Å². The lowest BCUT2D eigenvalue weighted by molar-refractivity contribution is -0.128. The normalized spacial score (nSPS) is 16.2. The molecule has 4 aromatic heterocycles. The zero-order chi connectivity index (χ0) is 37.0. The van der Waals surface area contributed by atoms with E-state index in [1.807, 2.05) is 67.7 Å². The minimum atomic E-state index is -0.912. The lowest BCUT2D eigenvalue weighted by Gasteiger charge is -2.33. The van der Waals surface area contributed by atoms with Gasteiger partial charge in [-0.25, -0.2) is 4.98 Å². The number of rotatable bonds is 18. The Hall–Kier alpha value is -4.29. The number of pyridine rings is 2. The van der Waals surface area contributed by atoms with Gasteiger partial charge in [0.15, 0.2) is 5.65 Å². The largest absolute Gasteiger partial charge is 0.391 e. The van der Waals surface area contributed by atoms with Crippen molar-refractivity contribution >= 4 is 17.5 Å². The molecule has 52 heavy (non-hydrogen) atoms. The maximum absolute atomic E-state index is 14.7. The summed E-state index contributed by atoms with van der Waals surface area (Å²) < 4.78 is 1.90. The van der Waals surface area contributed by atoms with Crippen LogP contribution in [0.15, 0.2) is 55.2 Å². The van der Waals surface area contributed by atoms with Gasteiger partial charge in [-0.3, -0.25) is 24.0 Å². The van der Waals surface area contributed by atoms with E-state index in [2.05, 4.69) is 37.7 Å². The Morgan fingerprint density at radius 3 is 2.42 bits per heavy atom. The molecule has 1 aliphatic rings. The fourth-order valence-electron chi connectivity index (χ4n) is 7.34. The quantitative estimate of drug-likeness (QED) is 0.129. The molecule has 12 nitrogen and oxygen atoms in total. The van der Waals surface area contributed by atoms with E-state index >= 15 is 0 Å². The summed E-state index contributed by atoms with van der Waals surface area (Å²) in [6, 6.07) is 7.12. The van der Waals surface area contributed by atoms with Crippen LogP contribution in [0.4, 0.5) is 0 Å². The molecule has 0 unspecified atom stereocenters. The SMILES string of the molecule is CCCc1nc(-c2cccnc2)cn2c([C@H](Cc3cccnc3)C(=O)N[C@@H](CC3CCCCC3)[C@@H](O)C[C@H](C(=O)NCCN(C)C)C(C)C)nnc12. The predicted molar refractivity (Wildman–Crippen MR) is 202 cm³/mol. The number of carbonyl (C=O) groups excluding carboxylic acids is 2. The highest BCUT2D eigenvalue weighted by molar-refractivity contribution is 5.84. The first-order chi connectivity index (χ1) is 25.1. The Morgan fingerprint density at radius 2 is 1.77 bits per heavy atom. The summed E-state index contributed by atoms with van der Waals surface area (Å²) >= 11 is 0. The Kier molecular flexibility index (Phi) is 14.2. The molecular formula is C40H57N9O3. The molecule has 0 aliphatic heterocycles. The third-order valence-corrected chi connectivity index (χ3v) is 10.3. The molecule has 3 N–H and O–H groups in total. The summed E-state index contributed by atoms with van der Waals surface area (Å²) in [6.07, 6.45) is 16.4. The Balaban J connectivity index is 1.49. The number of nitrogens with one attached hydrogen (secondary N) is 2. The topological polar surface area (TPSA) is 151 Å². The first-order valence-electron chi connectivity index (χ1n) is 19.1. The Bertz CT molecular complexity index is 1710. The van der Waals surface area contributed by atoms with Gasteiger partial charge in [0, 0.05) is 55.6 Å². The van der Waals surface area contributed by atoms with Crippen molar-refractivity contribution in [3.05, 3.63) is 72.3 Å². The van der Waals surface area contributed by atoms with E-state index in [9.17, 15) is 14.7 Å². The third kappa shape index (κ3) is 10.4. The lowest BCUT2D eigenvalue weighted by atomic mass is 9.81. The van der Waals surface area contributed by atoms with Crippen LogP contribution < -0.4 is 10.6 Å². The number of carbonyl (C=O) groups is 2.